The minimum atomic E-state index is -2.71. The zero-order valence-corrected chi connectivity index (χ0v) is 26.5. The lowest BCUT2D eigenvalue weighted by atomic mass is 9.94. The largest absolute Gasteiger partial charge is 0.368 e. The van der Waals surface area contributed by atoms with Gasteiger partial charge in [0.1, 0.15) is 5.82 Å². The summed E-state index contributed by atoms with van der Waals surface area (Å²) in [6.07, 6.45) is 14.6. The Balaban J connectivity index is 1.40. The number of nitrogens with zero attached hydrogens (tertiary/aromatic N) is 1. The molecule has 45 heavy (non-hydrogen) atoms. The summed E-state index contributed by atoms with van der Waals surface area (Å²) in [5, 5.41) is 11.7. The predicted octanol–water partition coefficient (Wildman–Crippen LogP) is 7.11. The van der Waals surface area contributed by atoms with Crippen LogP contribution in [0, 0.1) is 5.92 Å². The van der Waals surface area contributed by atoms with E-state index in [0.29, 0.717) is 5.92 Å². The molecule has 1 unspecified atom stereocenters. The highest BCUT2D eigenvalue weighted by atomic mass is 28.3. The average Bonchev–Trinajstić information content (AvgIpc) is 3.44. The van der Waals surface area contributed by atoms with Crippen molar-refractivity contribution < 1.29 is 0 Å². The molecule has 218 valence electrons. The Morgan fingerprint density at radius 2 is 1.31 bits per heavy atom. The van der Waals surface area contributed by atoms with Crippen LogP contribution in [0.15, 0.2) is 164 Å². The fourth-order valence-electron chi connectivity index (χ4n) is 7.30. The molecule has 5 aromatic carbocycles. The summed E-state index contributed by atoms with van der Waals surface area (Å²) in [5.74, 6) is 1.72. The molecule has 2 heterocycles. The average molecular weight is 597 g/mol. The molecule has 0 bridgehead atoms. The first-order chi connectivity index (χ1) is 22.2. The zero-order chi connectivity index (χ0) is 30.2. The molecule has 0 spiro atoms. The zero-order valence-electron chi connectivity index (χ0n) is 25.5. The Bertz CT molecular complexity index is 2090. The summed E-state index contributed by atoms with van der Waals surface area (Å²) >= 11 is 0. The number of rotatable bonds is 6. The van der Waals surface area contributed by atoms with E-state index < -0.39 is 8.07 Å². The van der Waals surface area contributed by atoms with Gasteiger partial charge in [-0.1, -0.05) is 153 Å². The Hall–Kier alpha value is -5.12. The number of allylic oxidation sites excluding steroid dienone is 6. The molecule has 1 aromatic heterocycles. The van der Waals surface area contributed by atoms with Crippen LogP contribution in [-0.2, 0) is 0 Å². The molecular formula is C42H36N2Si. The smallest absolute Gasteiger partial charge is 0.179 e. The number of benzene rings is 5. The first-order valence-electron chi connectivity index (χ1n) is 16.0. The van der Waals surface area contributed by atoms with E-state index in [1.54, 1.807) is 0 Å². The summed E-state index contributed by atoms with van der Waals surface area (Å²) < 4.78 is 2.38. The minimum Gasteiger partial charge on any atom is -0.368 e. The van der Waals surface area contributed by atoms with Crippen molar-refractivity contribution in [1.82, 2.24) is 9.88 Å². The van der Waals surface area contributed by atoms with Crippen LogP contribution in [0.3, 0.4) is 0 Å². The van der Waals surface area contributed by atoms with Crippen LogP contribution in [-0.4, -0.2) is 19.2 Å². The van der Waals surface area contributed by atoms with E-state index in [2.05, 4.69) is 181 Å². The van der Waals surface area contributed by atoms with Crippen molar-refractivity contribution in [3.63, 3.8) is 0 Å². The molecule has 0 saturated heterocycles. The third-order valence-electron chi connectivity index (χ3n) is 9.52. The standard InChI is InChI=1S/C42H36N2Si/c1-31-19-21-32(22-20-31)33-23-25-36(26-24-33)45(34-12-4-2-5-13-34,35-14-6-3-7-15-35)37-27-28-41-39(30-37)38-16-8-9-17-40(38)44(41)42-18-10-11-29-43-42/h2-19,21-28,30-31,43H,20,29H2,1H3. The Morgan fingerprint density at radius 1 is 0.667 bits per heavy atom. The van der Waals surface area contributed by atoms with Gasteiger partial charge in [0.25, 0.3) is 0 Å². The fraction of sp³-hybridized carbons (Fsp3) is 0.0952. The van der Waals surface area contributed by atoms with E-state index in [0.717, 1.165) is 18.8 Å². The lowest BCUT2D eigenvalue weighted by molar-refractivity contribution is 0.739. The molecule has 8 rings (SSSR count). The van der Waals surface area contributed by atoms with E-state index in [4.69, 9.17) is 0 Å². The molecule has 1 N–H and O–H groups in total. The summed E-state index contributed by atoms with van der Waals surface area (Å²) in [4.78, 5) is 0. The molecule has 2 aliphatic rings. The number of dihydropyridines is 1. The van der Waals surface area contributed by atoms with E-state index in [1.165, 1.54) is 53.7 Å². The molecule has 6 aromatic rings. The van der Waals surface area contributed by atoms with Gasteiger partial charge >= 0.3 is 0 Å². The molecule has 0 radical (unpaired) electrons. The lowest BCUT2D eigenvalue weighted by Gasteiger charge is -2.34. The van der Waals surface area contributed by atoms with Crippen molar-refractivity contribution in [2.45, 2.75) is 13.3 Å². The van der Waals surface area contributed by atoms with Gasteiger partial charge in [0, 0.05) is 17.3 Å². The molecule has 1 aliphatic carbocycles. The van der Waals surface area contributed by atoms with Crippen molar-refractivity contribution in [3.8, 4) is 0 Å². The number of para-hydroxylation sites is 1. The van der Waals surface area contributed by atoms with Crippen LogP contribution < -0.4 is 26.1 Å². The lowest BCUT2D eigenvalue weighted by Crippen LogP contribution is -2.74. The molecule has 0 amide bonds. The first-order valence-corrected chi connectivity index (χ1v) is 18.0. The Kier molecular flexibility index (Phi) is 6.96. The van der Waals surface area contributed by atoms with Gasteiger partial charge in [-0.05, 0) is 62.4 Å². The normalized spacial score (nSPS) is 16.4. The molecule has 0 saturated carbocycles. The van der Waals surface area contributed by atoms with Gasteiger partial charge in [-0.3, -0.25) is 4.57 Å². The number of fused-ring (bicyclic) bond motifs is 3. The van der Waals surface area contributed by atoms with Crippen LogP contribution in [0.5, 0.6) is 0 Å². The highest BCUT2D eigenvalue weighted by Crippen LogP contribution is 2.32. The van der Waals surface area contributed by atoms with E-state index in [-0.39, 0.29) is 0 Å². The van der Waals surface area contributed by atoms with Crippen LogP contribution in [0.4, 0.5) is 0 Å². The van der Waals surface area contributed by atoms with Gasteiger partial charge in [-0.15, -0.1) is 0 Å². The molecule has 0 fully saturated rings. The minimum absolute atomic E-state index is 0.603. The number of hydrogen-bond acceptors (Lipinski definition) is 1. The monoisotopic (exact) mass is 596 g/mol. The molecule has 2 nitrogen and oxygen atoms in total. The van der Waals surface area contributed by atoms with Crippen LogP contribution >= 0.6 is 0 Å². The Morgan fingerprint density at radius 3 is 1.98 bits per heavy atom. The second kappa shape index (κ2) is 11.4. The highest BCUT2D eigenvalue weighted by molar-refractivity contribution is 7.20. The third-order valence-corrected chi connectivity index (χ3v) is 14.3. The van der Waals surface area contributed by atoms with Crippen LogP contribution in [0.1, 0.15) is 18.9 Å². The maximum absolute atomic E-state index is 3.60. The summed E-state index contributed by atoms with van der Waals surface area (Å²) in [7, 11) is -2.71. The first kappa shape index (κ1) is 27.4. The maximum atomic E-state index is 3.60. The number of nitrogens with one attached hydrogen (secondary N) is 1. The quantitative estimate of drug-likeness (QED) is 0.160. The summed E-state index contributed by atoms with van der Waals surface area (Å²) in [5.41, 5.74) is 5.05. The molecule has 1 atom stereocenters. The summed E-state index contributed by atoms with van der Waals surface area (Å²) in [6, 6.07) is 48.0. The number of hydrogen-bond donors (Lipinski definition) is 1. The van der Waals surface area contributed by atoms with E-state index >= 15 is 0 Å². The topological polar surface area (TPSA) is 17.0 Å². The van der Waals surface area contributed by atoms with Gasteiger partial charge in [-0.25, -0.2) is 0 Å². The second-order valence-corrected chi connectivity index (χ2v) is 16.0. The second-order valence-electron chi connectivity index (χ2n) is 12.2. The van der Waals surface area contributed by atoms with Gasteiger partial charge < -0.3 is 5.32 Å². The molecule has 1 aliphatic heterocycles. The van der Waals surface area contributed by atoms with Gasteiger partial charge in [0.2, 0.25) is 0 Å². The van der Waals surface area contributed by atoms with E-state index in [9.17, 15) is 0 Å². The van der Waals surface area contributed by atoms with Crippen molar-refractivity contribution in [2.75, 3.05) is 6.54 Å². The predicted molar refractivity (Wildman–Crippen MR) is 195 cm³/mol. The van der Waals surface area contributed by atoms with Crippen molar-refractivity contribution in [2.24, 2.45) is 5.92 Å². The fourth-order valence-corrected chi connectivity index (χ4v) is 12.0. The van der Waals surface area contributed by atoms with Crippen molar-refractivity contribution in [1.29, 1.82) is 0 Å². The summed E-state index contributed by atoms with van der Waals surface area (Å²) in [6.45, 7) is 3.11. The van der Waals surface area contributed by atoms with Crippen molar-refractivity contribution in [3.05, 3.63) is 169 Å². The van der Waals surface area contributed by atoms with Gasteiger partial charge in [0.15, 0.2) is 8.07 Å². The van der Waals surface area contributed by atoms with E-state index in [1.807, 2.05) is 0 Å². The molecule has 3 heteroatoms. The van der Waals surface area contributed by atoms with Gasteiger partial charge in [-0.2, -0.15) is 0 Å². The van der Waals surface area contributed by atoms with Crippen LogP contribution in [0.25, 0.3) is 33.2 Å². The highest BCUT2D eigenvalue weighted by Gasteiger charge is 2.41. The SMILES string of the molecule is CC1C=CC(c2ccc([Si](c3ccccc3)(c3ccccc3)c3ccc4c(c3)c3ccccc3n4C3=CC=CCN3)cc2)=CC1. The van der Waals surface area contributed by atoms with Gasteiger partial charge in [0.05, 0.1) is 11.0 Å². The maximum Gasteiger partial charge on any atom is 0.179 e. The van der Waals surface area contributed by atoms with Crippen LogP contribution in [0.2, 0.25) is 0 Å². The van der Waals surface area contributed by atoms with Crippen molar-refractivity contribution >= 4 is 62.0 Å². The Labute approximate surface area is 266 Å². The molecular weight excluding hydrogens is 561 g/mol. The number of aromatic nitrogens is 1. The third kappa shape index (κ3) is 4.63.